The van der Waals surface area contributed by atoms with E-state index in [1.54, 1.807) is 11.5 Å². The minimum atomic E-state index is -4.48. The van der Waals surface area contributed by atoms with Gasteiger partial charge < -0.3 is 9.67 Å². The summed E-state index contributed by atoms with van der Waals surface area (Å²) in [4.78, 5) is 11.4. The molecule has 6 nitrogen and oxygen atoms in total. The smallest absolute Gasteiger partial charge is 0.417 e. The van der Waals surface area contributed by atoms with Gasteiger partial charge in [-0.15, -0.1) is 5.10 Å². The Balaban J connectivity index is 1.82. The number of aromatic nitrogens is 4. The fourth-order valence-corrected chi connectivity index (χ4v) is 2.60. The Labute approximate surface area is 146 Å². The monoisotopic (exact) mass is 364 g/mol. The van der Waals surface area contributed by atoms with E-state index >= 15 is 0 Å². The Hall–Kier alpha value is -3.10. The topological polar surface area (TPSA) is 72.9 Å². The lowest BCUT2D eigenvalue weighted by atomic mass is 10.1. The number of hydrogen-bond donors (Lipinski definition) is 1. The molecule has 0 saturated carbocycles. The third-order valence-corrected chi connectivity index (χ3v) is 4.03. The van der Waals surface area contributed by atoms with Crippen LogP contribution in [0.5, 0.6) is 5.75 Å². The Morgan fingerprint density at radius 1 is 1.15 bits per heavy atom. The van der Waals surface area contributed by atoms with Crippen molar-refractivity contribution in [3.05, 3.63) is 64.2 Å². The lowest BCUT2D eigenvalue weighted by Crippen LogP contribution is -2.14. The van der Waals surface area contributed by atoms with Gasteiger partial charge in [-0.1, -0.05) is 23.4 Å². The third kappa shape index (κ3) is 3.46. The molecule has 0 bridgehead atoms. The van der Waals surface area contributed by atoms with Crippen molar-refractivity contribution in [1.82, 2.24) is 19.6 Å². The van der Waals surface area contributed by atoms with Gasteiger partial charge in [0, 0.05) is 24.4 Å². The molecule has 136 valence electrons. The van der Waals surface area contributed by atoms with Gasteiger partial charge in [-0.05, 0) is 13.0 Å². The molecule has 1 aromatic carbocycles. The molecule has 26 heavy (non-hydrogen) atoms. The highest BCUT2D eigenvalue weighted by atomic mass is 19.4. The van der Waals surface area contributed by atoms with E-state index in [1.807, 2.05) is 0 Å². The summed E-state index contributed by atoms with van der Waals surface area (Å²) in [6.07, 6.45) is -1.51. The first kappa shape index (κ1) is 17.7. The van der Waals surface area contributed by atoms with Crippen molar-refractivity contribution in [3.63, 3.8) is 0 Å². The van der Waals surface area contributed by atoms with Gasteiger partial charge in [0.25, 0.3) is 0 Å². The van der Waals surface area contributed by atoms with Gasteiger partial charge in [-0.25, -0.2) is 0 Å². The molecule has 0 aliphatic heterocycles. The molecule has 2 heterocycles. The van der Waals surface area contributed by atoms with Gasteiger partial charge in [-0.2, -0.15) is 13.2 Å². The third-order valence-electron chi connectivity index (χ3n) is 4.03. The predicted octanol–water partition coefficient (Wildman–Crippen LogP) is 2.84. The molecule has 0 unspecified atom stereocenters. The molecule has 3 aromatic rings. The minimum Gasteiger partial charge on any atom is -0.503 e. The van der Waals surface area contributed by atoms with Crippen LogP contribution in [0.2, 0.25) is 0 Å². The van der Waals surface area contributed by atoms with Crippen molar-refractivity contribution in [3.8, 4) is 17.0 Å². The zero-order valence-corrected chi connectivity index (χ0v) is 13.7. The molecule has 0 atom stereocenters. The van der Waals surface area contributed by atoms with Gasteiger partial charge in [0.1, 0.15) is 5.69 Å². The highest BCUT2D eigenvalue weighted by Crippen LogP contribution is 2.36. The van der Waals surface area contributed by atoms with Crippen LogP contribution in [-0.2, 0) is 19.3 Å². The van der Waals surface area contributed by atoms with E-state index in [2.05, 4.69) is 10.3 Å². The summed E-state index contributed by atoms with van der Waals surface area (Å²) >= 11 is 0. The molecule has 0 saturated heterocycles. The number of pyridine rings is 1. The van der Waals surface area contributed by atoms with Gasteiger partial charge in [0.2, 0.25) is 5.43 Å². The second-order valence-corrected chi connectivity index (χ2v) is 5.72. The van der Waals surface area contributed by atoms with Crippen LogP contribution in [-0.4, -0.2) is 24.7 Å². The van der Waals surface area contributed by atoms with E-state index in [1.165, 1.54) is 41.3 Å². The number of hydrogen-bond acceptors (Lipinski definition) is 4. The van der Waals surface area contributed by atoms with E-state index in [0.29, 0.717) is 18.8 Å². The van der Waals surface area contributed by atoms with Gasteiger partial charge in [0.15, 0.2) is 5.75 Å². The molecule has 3 rings (SSSR count). The van der Waals surface area contributed by atoms with E-state index in [-0.39, 0.29) is 17.0 Å². The van der Waals surface area contributed by atoms with Crippen LogP contribution in [0.25, 0.3) is 11.3 Å². The first-order valence-electron chi connectivity index (χ1n) is 7.73. The fraction of sp³-hybridized carbons (Fsp3) is 0.235. The van der Waals surface area contributed by atoms with Crippen molar-refractivity contribution < 1.29 is 18.3 Å². The average Bonchev–Trinajstić information content (AvgIpc) is 3.07. The minimum absolute atomic E-state index is 0.0385. The summed E-state index contributed by atoms with van der Waals surface area (Å²) in [6.45, 7) is 2.27. The van der Waals surface area contributed by atoms with Crippen molar-refractivity contribution in [1.29, 1.82) is 0 Å². The van der Waals surface area contributed by atoms with Crippen LogP contribution < -0.4 is 5.43 Å². The Morgan fingerprint density at radius 3 is 2.62 bits per heavy atom. The summed E-state index contributed by atoms with van der Waals surface area (Å²) in [6, 6.07) is 6.43. The summed E-state index contributed by atoms with van der Waals surface area (Å²) < 4.78 is 42.4. The van der Waals surface area contributed by atoms with E-state index < -0.39 is 17.2 Å². The number of halogens is 3. The molecule has 0 fully saturated rings. The van der Waals surface area contributed by atoms with Crippen LogP contribution in [0, 0.1) is 6.92 Å². The maximum absolute atomic E-state index is 13.1. The van der Waals surface area contributed by atoms with Crippen LogP contribution in [0.1, 0.15) is 11.3 Å². The number of benzene rings is 1. The SMILES string of the molecule is Cc1c(O)c(=O)ccn1CCn1cc(-c2ccccc2C(F)(F)F)nn1. The fourth-order valence-electron chi connectivity index (χ4n) is 2.60. The van der Waals surface area contributed by atoms with E-state index in [0.717, 1.165) is 6.07 Å². The quantitative estimate of drug-likeness (QED) is 0.773. The Kier molecular flexibility index (Phi) is 4.54. The highest BCUT2D eigenvalue weighted by molar-refractivity contribution is 5.63. The van der Waals surface area contributed by atoms with Gasteiger partial charge >= 0.3 is 6.18 Å². The van der Waals surface area contributed by atoms with Gasteiger partial charge in [0.05, 0.1) is 24.0 Å². The first-order valence-corrected chi connectivity index (χ1v) is 7.73. The normalized spacial score (nSPS) is 11.7. The van der Waals surface area contributed by atoms with Gasteiger partial charge in [-0.3, -0.25) is 9.48 Å². The van der Waals surface area contributed by atoms with Crippen LogP contribution in [0.4, 0.5) is 13.2 Å². The van der Waals surface area contributed by atoms with Crippen LogP contribution >= 0.6 is 0 Å². The summed E-state index contributed by atoms with van der Waals surface area (Å²) in [5.74, 6) is -0.328. The van der Waals surface area contributed by atoms with Crippen molar-refractivity contribution >= 4 is 0 Å². The number of rotatable bonds is 4. The lowest BCUT2D eigenvalue weighted by molar-refractivity contribution is -0.137. The predicted molar refractivity (Wildman–Crippen MR) is 87.6 cm³/mol. The maximum Gasteiger partial charge on any atom is 0.417 e. The van der Waals surface area contributed by atoms with E-state index in [9.17, 15) is 23.1 Å². The number of aryl methyl sites for hydroxylation is 2. The molecule has 9 heteroatoms. The number of nitrogens with zero attached hydrogens (tertiary/aromatic N) is 4. The molecule has 1 N–H and O–H groups in total. The molecular weight excluding hydrogens is 349 g/mol. The summed E-state index contributed by atoms with van der Waals surface area (Å²) in [5, 5.41) is 17.4. The molecule has 0 aliphatic carbocycles. The Bertz CT molecular complexity index is 992. The molecule has 0 amide bonds. The number of aromatic hydroxyl groups is 1. The first-order chi connectivity index (χ1) is 12.3. The lowest BCUT2D eigenvalue weighted by Gasteiger charge is -2.11. The standard InChI is InChI=1S/C17H15F3N4O2/c1-11-16(26)15(25)6-7-23(11)8-9-24-10-14(21-22-24)12-4-2-3-5-13(12)17(18,19)20/h2-7,10,26H,8-9H2,1H3. The van der Waals surface area contributed by atoms with E-state index in [4.69, 9.17) is 0 Å². The maximum atomic E-state index is 13.1. The Morgan fingerprint density at radius 2 is 1.88 bits per heavy atom. The second kappa shape index (κ2) is 6.66. The largest absolute Gasteiger partial charge is 0.503 e. The summed E-state index contributed by atoms with van der Waals surface area (Å²) in [7, 11) is 0. The molecule has 2 aromatic heterocycles. The summed E-state index contributed by atoms with van der Waals surface area (Å²) in [5.41, 5.74) is -0.750. The zero-order chi connectivity index (χ0) is 18.9. The van der Waals surface area contributed by atoms with Crippen molar-refractivity contribution in [2.45, 2.75) is 26.2 Å². The average molecular weight is 364 g/mol. The number of alkyl halides is 3. The zero-order valence-electron chi connectivity index (χ0n) is 13.7. The highest BCUT2D eigenvalue weighted by Gasteiger charge is 2.33. The van der Waals surface area contributed by atoms with Crippen molar-refractivity contribution in [2.24, 2.45) is 0 Å². The van der Waals surface area contributed by atoms with Crippen molar-refractivity contribution in [2.75, 3.05) is 0 Å². The molecule has 0 aliphatic rings. The molecule has 0 radical (unpaired) electrons. The molecular formula is C17H15F3N4O2. The molecule has 0 spiro atoms. The van der Waals surface area contributed by atoms with Crippen LogP contribution in [0.3, 0.4) is 0 Å². The second-order valence-electron chi connectivity index (χ2n) is 5.72. The van der Waals surface area contributed by atoms with Crippen LogP contribution in [0.15, 0.2) is 47.5 Å².